The minimum absolute atomic E-state index is 0.158. The van der Waals surface area contributed by atoms with Gasteiger partial charge in [-0.25, -0.2) is 0 Å². The van der Waals surface area contributed by atoms with Gasteiger partial charge in [-0.2, -0.15) is 0 Å². The van der Waals surface area contributed by atoms with E-state index in [1.807, 2.05) is 0 Å². The molecule has 1 aliphatic heterocycles. The molecule has 0 saturated carbocycles. The van der Waals surface area contributed by atoms with Crippen LogP contribution in [0.25, 0.3) is 0 Å². The molecule has 0 aromatic heterocycles. The van der Waals surface area contributed by atoms with Gasteiger partial charge in [-0.05, 0) is 18.4 Å². The Morgan fingerprint density at radius 2 is 2.18 bits per heavy atom. The largest absolute Gasteiger partial charge is 0.480 e. The van der Waals surface area contributed by atoms with E-state index in [0.29, 0.717) is 18.5 Å². The zero-order valence-electron chi connectivity index (χ0n) is 9.04. The first kappa shape index (κ1) is 12.5. The monoisotopic (exact) mass is 259 g/mol. The van der Waals surface area contributed by atoms with Gasteiger partial charge >= 0.3 is 13.6 Å². The molecule has 0 radical (unpaired) electrons. The third-order valence-corrected chi connectivity index (χ3v) is 4.35. The van der Waals surface area contributed by atoms with E-state index < -0.39 is 25.3 Å². The molecule has 0 bridgehead atoms. The fourth-order valence-electron chi connectivity index (χ4n) is 2.27. The zero-order chi connectivity index (χ0) is 12.6. The maximum absolute atomic E-state index is 11.4. The molecule has 4 N–H and O–H groups in total. The highest BCUT2D eigenvalue weighted by atomic mass is 31.2. The van der Waals surface area contributed by atoms with Gasteiger partial charge in [-0.1, -0.05) is 17.7 Å². The molecule has 7 heteroatoms. The molecule has 0 aromatic carbocycles. The van der Waals surface area contributed by atoms with Crippen LogP contribution in [0.1, 0.15) is 12.8 Å². The van der Waals surface area contributed by atoms with Crippen molar-refractivity contribution in [3.8, 4) is 0 Å². The molecule has 2 rings (SSSR count). The highest BCUT2D eigenvalue weighted by Crippen LogP contribution is 2.49. The number of allylic oxidation sites excluding steroid dienone is 2. The zero-order valence-corrected chi connectivity index (χ0v) is 9.93. The van der Waals surface area contributed by atoms with Crippen LogP contribution < -0.4 is 5.32 Å². The number of carbonyl (C=O) groups is 1. The topological polar surface area (TPSA) is 107 Å². The van der Waals surface area contributed by atoms with E-state index in [1.165, 1.54) is 6.08 Å². The summed E-state index contributed by atoms with van der Waals surface area (Å²) in [5.41, 5.74) is 0.542. The Morgan fingerprint density at radius 1 is 1.47 bits per heavy atom. The van der Waals surface area contributed by atoms with Crippen molar-refractivity contribution in [2.24, 2.45) is 0 Å². The normalized spacial score (nSPS) is 29.1. The lowest BCUT2D eigenvalue weighted by Crippen LogP contribution is -2.43. The van der Waals surface area contributed by atoms with E-state index in [1.54, 1.807) is 6.08 Å². The van der Waals surface area contributed by atoms with Crippen molar-refractivity contribution in [2.45, 2.75) is 24.5 Å². The average Bonchev–Trinajstić information content (AvgIpc) is 2.26. The number of hydrogen-bond acceptors (Lipinski definition) is 3. The maximum Gasteiger partial charge on any atom is 0.336 e. The predicted octanol–water partition coefficient (Wildman–Crippen LogP) is 0.236. The minimum atomic E-state index is -4.25. The summed E-state index contributed by atoms with van der Waals surface area (Å²) in [4.78, 5) is 29.4. The van der Waals surface area contributed by atoms with Crippen LogP contribution >= 0.6 is 7.60 Å². The number of rotatable bonds is 2. The summed E-state index contributed by atoms with van der Waals surface area (Å²) >= 11 is 0. The number of hydrogen-bond donors (Lipinski definition) is 4. The van der Waals surface area contributed by atoms with E-state index >= 15 is 0 Å². The first-order chi connectivity index (χ1) is 7.89. The molecule has 17 heavy (non-hydrogen) atoms. The van der Waals surface area contributed by atoms with E-state index in [9.17, 15) is 19.1 Å². The fraction of sp³-hybridized carbons (Fsp3) is 0.500. The van der Waals surface area contributed by atoms with Crippen LogP contribution in [-0.4, -0.2) is 39.1 Å². The van der Waals surface area contributed by atoms with Gasteiger partial charge in [0.25, 0.3) is 0 Å². The highest BCUT2D eigenvalue weighted by molar-refractivity contribution is 7.53. The van der Waals surface area contributed by atoms with Crippen LogP contribution in [0.3, 0.4) is 0 Å². The summed E-state index contributed by atoms with van der Waals surface area (Å²) < 4.78 is 11.4. The molecule has 0 saturated heterocycles. The number of carboxylic acid groups (broad SMARTS) is 1. The molecule has 94 valence electrons. The quantitative estimate of drug-likeness (QED) is 0.418. The van der Waals surface area contributed by atoms with Crippen molar-refractivity contribution in [2.75, 3.05) is 6.54 Å². The van der Waals surface area contributed by atoms with E-state index in [4.69, 9.17) is 5.11 Å². The second-order valence-electron chi connectivity index (χ2n) is 4.27. The van der Waals surface area contributed by atoms with Crippen LogP contribution in [0, 0.1) is 0 Å². The van der Waals surface area contributed by atoms with Crippen LogP contribution in [0.5, 0.6) is 0 Å². The third-order valence-electron chi connectivity index (χ3n) is 3.14. The van der Waals surface area contributed by atoms with E-state index in [2.05, 4.69) is 5.32 Å². The van der Waals surface area contributed by atoms with Crippen molar-refractivity contribution in [1.82, 2.24) is 5.32 Å². The predicted molar refractivity (Wildman–Crippen MR) is 60.7 cm³/mol. The number of carboxylic acids is 1. The smallest absolute Gasteiger partial charge is 0.336 e. The number of nitrogens with one attached hydrogen (secondary N) is 1. The molecule has 0 aromatic rings. The van der Waals surface area contributed by atoms with Gasteiger partial charge in [0, 0.05) is 6.54 Å². The van der Waals surface area contributed by atoms with Crippen LogP contribution in [0.4, 0.5) is 0 Å². The SMILES string of the molecule is O=C(O)C1CC2=C(CC=CC2P(=O)(O)O)CN1. The molecule has 2 atom stereocenters. The summed E-state index contributed by atoms with van der Waals surface area (Å²) in [6, 6.07) is -0.755. The molecule has 0 fully saturated rings. The van der Waals surface area contributed by atoms with Crippen LogP contribution in [0.2, 0.25) is 0 Å². The molecule has 0 spiro atoms. The van der Waals surface area contributed by atoms with E-state index in [0.717, 1.165) is 5.57 Å². The lowest BCUT2D eigenvalue weighted by molar-refractivity contribution is -0.139. The molecule has 2 aliphatic rings. The maximum atomic E-state index is 11.4. The summed E-state index contributed by atoms with van der Waals surface area (Å²) in [5.74, 6) is -0.990. The first-order valence-corrected chi connectivity index (χ1v) is 6.96. The standard InChI is InChI=1S/C10H14NO5P/c12-10(13)8-4-7-6(5-11-8)2-1-3-9(7)17(14,15)16/h1,3,8-9,11H,2,4-5H2,(H,12,13)(H2,14,15,16). The van der Waals surface area contributed by atoms with Crippen molar-refractivity contribution >= 4 is 13.6 Å². The van der Waals surface area contributed by atoms with Gasteiger partial charge in [0.1, 0.15) is 11.7 Å². The summed E-state index contributed by atoms with van der Waals surface area (Å²) in [6.45, 7) is 0.382. The van der Waals surface area contributed by atoms with Crippen molar-refractivity contribution in [3.05, 3.63) is 23.3 Å². The van der Waals surface area contributed by atoms with Gasteiger partial charge in [0.2, 0.25) is 0 Å². The van der Waals surface area contributed by atoms with E-state index in [-0.39, 0.29) is 6.42 Å². The molecular formula is C10H14NO5P. The Kier molecular flexibility index (Phi) is 3.23. The lowest BCUT2D eigenvalue weighted by atomic mass is 9.88. The summed E-state index contributed by atoms with van der Waals surface area (Å²) in [6.07, 6.45) is 4.01. The Balaban J connectivity index is 2.30. The highest BCUT2D eigenvalue weighted by Gasteiger charge is 2.37. The van der Waals surface area contributed by atoms with Gasteiger partial charge in [-0.15, -0.1) is 0 Å². The Morgan fingerprint density at radius 3 is 2.76 bits per heavy atom. The second kappa shape index (κ2) is 4.38. The molecule has 0 amide bonds. The Hall–Kier alpha value is -0.940. The summed E-state index contributed by atoms with van der Waals surface area (Å²) in [7, 11) is -4.25. The number of aliphatic carboxylic acids is 1. The van der Waals surface area contributed by atoms with Gasteiger partial charge in [-0.3, -0.25) is 9.36 Å². The molecule has 1 aliphatic carbocycles. The lowest BCUT2D eigenvalue weighted by Gasteiger charge is -2.32. The fourth-order valence-corrected chi connectivity index (χ4v) is 3.31. The Labute approximate surface area is 98.2 Å². The first-order valence-electron chi connectivity index (χ1n) is 5.28. The van der Waals surface area contributed by atoms with Crippen molar-refractivity contribution in [3.63, 3.8) is 0 Å². The van der Waals surface area contributed by atoms with Crippen LogP contribution in [-0.2, 0) is 9.36 Å². The van der Waals surface area contributed by atoms with Crippen molar-refractivity contribution < 1.29 is 24.3 Å². The summed E-state index contributed by atoms with van der Waals surface area (Å²) in [5, 5.41) is 11.8. The molecule has 6 nitrogen and oxygen atoms in total. The minimum Gasteiger partial charge on any atom is -0.480 e. The molecule has 2 unspecified atom stereocenters. The second-order valence-corrected chi connectivity index (χ2v) is 6.01. The molecule has 1 heterocycles. The Bertz CT molecular complexity index is 450. The van der Waals surface area contributed by atoms with Gasteiger partial charge in [0.05, 0.1) is 0 Å². The average molecular weight is 259 g/mol. The van der Waals surface area contributed by atoms with Gasteiger partial charge in [0.15, 0.2) is 0 Å². The van der Waals surface area contributed by atoms with Gasteiger partial charge < -0.3 is 20.2 Å². The van der Waals surface area contributed by atoms with Crippen LogP contribution in [0.15, 0.2) is 23.3 Å². The molecular weight excluding hydrogens is 245 g/mol. The third kappa shape index (κ3) is 2.50. The van der Waals surface area contributed by atoms with Crippen molar-refractivity contribution in [1.29, 1.82) is 0 Å².